The first-order chi connectivity index (χ1) is 19.4. The lowest BCUT2D eigenvalue weighted by molar-refractivity contribution is -0.126. The maximum absolute atomic E-state index is 14.9. The molecule has 0 fully saturated rings. The van der Waals surface area contributed by atoms with Crippen LogP contribution in [-0.4, -0.2) is 16.7 Å². The van der Waals surface area contributed by atoms with Gasteiger partial charge in [-0.05, 0) is 43.2 Å². The van der Waals surface area contributed by atoms with Crippen molar-refractivity contribution in [1.29, 1.82) is 0 Å². The standard InChI is InChI=1S/C34H26N2O4/c1-21-11-15-23(16-12-21)19-35-27-9-5-4-8-26(27)34(33(35)39)29-30(37)25-7-3-6-10-28(25)40-31(29)32(38)36(34)20-24-17-13-22(2)14-18-24/h3-18H,19-20H2,1-2H3. The van der Waals surface area contributed by atoms with Crippen molar-refractivity contribution in [3.05, 3.63) is 146 Å². The van der Waals surface area contributed by atoms with Crippen LogP contribution in [0, 0.1) is 13.8 Å². The Bertz CT molecular complexity index is 1890. The van der Waals surface area contributed by atoms with Crippen molar-refractivity contribution in [1.82, 2.24) is 4.90 Å². The first-order valence-corrected chi connectivity index (χ1v) is 13.3. The highest BCUT2D eigenvalue weighted by Gasteiger charge is 2.64. The van der Waals surface area contributed by atoms with E-state index in [2.05, 4.69) is 0 Å². The lowest BCUT2D eigenvalue weighted by atomic mass is 9.83. The van der Waals surface area contributed by atoms with Crippen LogP contribution in [0.2, 0.25) is 0 Å². The molecule has 1 aromatic heterocycles. The third-order valence-electron chi connectivity index (χ3n) is 8.07. The summed E-state index contributed by atoms with van der Waals surface area (Å²) < 4.78 is 6.14. The van der Waals surface area contributed by atoms with Gasteiger partial charge in [0.2, 0.25) is 5.76 Å². The first-order valence-electron chi connectivity index (χ1n) is 13.3. The van der Waals surface area contributed by atoms with Crippen molar-refractivity contribution in [3.8, 4) is 0 Å². The molecular formula is C34H26N2O4. The number of hydrogen-bond donors (Lipinski definition) is 0. The molecule has 0 radical (unpaired) electrons. The minimum atomic E-state index is -1.65. The average Bonchev–Trinajstić information content (AvgIpc) is 3.36. The Morgan fingerprint density at radius 3 is 2.00 bits per heavy atom. The summed E-state index contributed by atoms with van der Waals surface area (Å²) in [5.41, 5.74) is 3.69. The van der Waals surface area contributed by atoms with Crippen LogP contribution in [0.4, 0.5) is 5.69 Å². The molecule has 3 heterocycles. The van der Waals surface area contributed by atoms with Crippen molar-refractivity contribution >= 4 is 28.5 Å². The van der Waals surface area contributed by atoms with Crippen LogP contribution in [0.1, 0.15) is 43.9 Å². The van der Waals surface area contributed by atoms with Gasteiger partial charge in [-0.2, -0.15) is 0 Å². The zero-order valence-corrected chi connectivity index (χ0v) is 22.2. The monoisotopic (exact) mass is 526 g/mol. The van der Waals surface area contributed by atoms with Gasteiger partial charge in [-0.3, -0.25) is 14.4 Å². The number of rotatable bonds is 4. The van der Waals surface area contributed by atoms with Gasteiger partial charge in [0.05, 0.1) is 23.2 Å². The number of para-hydroxylation sites is 2. The number of carbonyl (C=O) groups excluding carboxylic acids is 2. The van der Waals surface area contributed by atoms with Gasteiger partial charge in [0.1, 0.15) is 5.58 Å². The molecule has 4 aromatic carbocycles. The summed E-state index contributed by atoms with van der Waals surface area (Å²) in [5, 5.41) is 0.341. The molecule has 1 spiro atoms. The summed E-state index contributed by atoms with van der Waals surface area (Å²) in [7, 11) is 0. The number of fused-ring (bicyclic) bond motifs is 5. The van der Waals surface area contributed by atoms with E-state index in [0.29, 0.717) is 28.8 Å². The van der Waals surface area contributed by atoms with Gasteiger partial charge in [-0.1, -0.05) is 90.0 Å². The maximum atomic E-state index is 14.9. The molecule has 40 heavy (non-hydrogen) atoms. The number of aryl methyl sites for hydroxylation is 2. The van der Waals surface area contributed by atoms with Crippen LogP contribution in [0.5, 0.6) is 0 Å². The lowest BCUT2D eigenvalue weighted by Crippen LogP contribution is -2.52. The van der Waals surface area contributed by atoms with E-state index in [9.17, 15) is 14.4 Å². The van der Waals surface area contributed by atoms with E-state index in [1.807, 2.05) is 86.6 Å². The van der Waals surface area contributed by atoms with Gasteiger partial charge in [0, 0.05) is 12.1 Å². The fourth-order valence-corrected chi connectivity index (χ4v) is 6.07. The van der Waals surface area contributed by atoms with Crippen LogP contribution >= 0.6 is 0 Å². The first kappa shape index (κ1) is 24.1. The van der Waals surface area contributed by atoms with E-state index < -0.39 is 11.4 Å². The molecule has 6 nitrogen and oxygen atoms in total. The lowest BCUT2D eigenvalue weighted by Gasteiger charge is -2.34. The van der Waals surface area contributed by atoms with Crippen LogP contribution < -0.4 is 10.3 Å². The normalized spacial score (nSPS) is 17.6. The molecule has 0 N–H and O–H groups in total. The Morgan fingerprint density at radius 1 is 0.700 bits per heavy atom. The van der Waals surface area contributed by atoms with Gasteiger partial charge in [0.15, 0.2) is 11.0 Å². The Balaban J connectivity index is 1.50. The third-order valence-corrected chi connectivity index (χ3v) is 8.07. The van der Waals surface area contributed by atoms with Crippen molar-refractivity contribution in [3.63, 3.8) is 0 Å². The number of anilines is 1. The van der Waals surface area contributed by atoms with E-state index in [0.717, 1.165) is 22.3 Å². The number of carbonyl (C=O) groups is 2. The summed E-state index contributed by atoms with van der Waals surface area (Å²) >= 11 is 0. The van der Waals surface area contributed by atoms with Crippen molar-refractivity contribution in [2.75, 3.05) is 4.90 Å². The predicted octanol–water partition coefficient (Wildman–Crippen LogP) is 5.86. The van der Waals surface area contributed by atoms with Crippen molar-refractivity contribution in [2.24, 2.45) is 0 Å². The molecule has 6 heteroatoms. The Labute approximate surface area is 231 Å². The summed E-state index contributed by atoms with van der Waals surface area (Å²) in [6.45, 7) is 4.45. The van der Waals surface area contributed by atoms with Gasteiger partial charge >= 0.3 is 0 Å². The SMILES string of the molecule is Cc1ccc(CN2C(=O)C3(c4ccccc42)c2c(oc4ccccc4c2=O)C(=O)N3Cc2ccc(C)cc2)cc1. The maximum Gasteiger partial charge on any atom is 0.291 e. The fourth-order valence-electron chi connectivity index (χ4n) is 6.07. The Hall–Kier alpha value is -4.97. The quantitative estimate of drug-likeness (QED) is 0.294. The van der Waals surface area contributed by atoms with Gasteiger partial charge < -0.3 is 14.2 Å². The van der Waals surface area contributed by atoms with Crippen LogP contribution in [-0.2, 0) is 23.4 Å². The average molecular weight is 527 g/mol. The molecule has 2 aliphatic rings. The van der Waals surface area contributed by atoms with Crippen LogP contribution in [0.25, 0.3) is 11.0 Å². The summed E-state index contributed by atoms with van der Waals surface area (Å²) in [4.78, 5) is 46.5. The van der Waals surface area contributed by atoms with E-state index in [1.165, 1.54) is 4.90 Å². The Kier molecular flexibility index (Phi) is 5.29. The topological polar surface area (TPSA) is 70.8 Å². The van der Waals surface area contributed by atoms with Crippen molar-refractivity contribution in [2.45, 2.75) is 32.5 Å². The Morgan fingerprint density at radius 2 is 1.30 bits per heavy atom. The van der Waals surface area contributed by atoms with Crippen LogP contribution in [0.15, 0.2) is 106 Å². The second-order valence-corrected chi connectivity index (χ2v) is 10.6. The van der Waals surface area contributed by atoms with Crippen LogP contribution in [0.3, 0.4) is 0 Å². The van der Waals surface area contributed by atoms with Gasteiger partial charge in [-0.15, -0.1) is 0 Å². The smallest absolute Gasteiger partial charge is 0.291 e. The predicted molar refractivity (Wildman–Crippen MR) is 153 cm³/mol. The fraction of sp³-hybridized carbons (Fsp3) is 0.147. The number of amides is 2. The highest BCUT2D eigenvalue weighted by molar-refractivity contribution is 6.17. The third kappa shape index (κ3) is 3.32. The second kappa shape index (κ2) is 8.78. The number of nitrogens with zero attached hydrogens (tertiary/aromatic N) is 2. The number of hydrogen-bond acceptors (Lipinski definition) is 4. The molecule has 0 bridgehead atoms. The molecule has 0 saturated heterocycles. The van der Waals surface area contributed by atoms with E-state index in [4.69, 9.17) is 4.42 Å². The largest absolute Gasteiger partial charge is 0.450 e. The molecule has 1 unspecified atom stereocenters. The molecule has 1 atom stereocenters. The minimum Gasteiger partial charge on any atom is -0.450 e. The van der Waals surface area contributed by atoms with Crippen molar-refractivity contribution < 1.29 is 14.0 Å². The minimum absolute atomic E-state index is 0.0730. The molecule has 2 aliphatic heterocycles. The molecule has 7 rings (SSSR count). The molecular weight excluding hydrogens is 500 g/mol. The molecule has 2 amide bonds. The second-order valence-electron chi connectivity index (χ2n) is 10.6. The zero-order valence-electron chi connectivity index (χ0n) is 22.2. The van der Waals surface area contributed by atoms with E-state index in [-0.39, 0.29) is 29.2 Å². The zero-order chi connectivity index (χ0) is 27.6. The van der Waals surface area contributed by atoms with E-state index >= 15 is 0 Å². The molecule has 0 saturated carbocycles. The highest BCUT2D eigenvalue weighted by Crippen LogP contribution is 2.53. The molecule has 196 valence electrons. The molecule has 5 aromatic rings. The van der Waals surface area contributed by atoms with Gasteiger partial charge in [-0.25, -0.2) is 0 Å². The summed E-state index contributed by atoms with van der Waals surface area (Å²) in [6.07, 6.45) is 0. The van der Waals surface area contributed by atoms with Gasteiger partial charge in [0.25, 0.3) is 11.8 Å². The summed E-state index contributed by atoms with van der Waals surface area (Å²) in [5.74, 6) is -0.883. The highest BCUT2D eigenvalue weighted by atomic mass is 16.3. The van der Waals surface area contributed by atoms with E-state index in [1.54, 1.807) is 29.2 Å². The summed E-state index contributed by atoms with van der Waals surface area (Å²) in [6, 6.07) is 30.2. The molecule has 0 aliphatic carbocycles. The number of benzene rings is 4.